The lowest BCUT2D eigenvalue weighted by atomic mass is 9.44. The molecule has 0 aromatic heterocycles. The van der Waals surface area contributed by atoms with Crippen molar-refractivity contribution in [2.24, 2.45) is 39.7 Å². The van der Waals surface area contributed by atoms with Crippen LogP contribution in [-0.4, -0.2) is 61.5 Å². The third-order valence-electron chi connectivity index (χ3n) is 11.0. The number of hydrogen-bond acceptors (Lipinski definition) is 7. The third-order valence-corrected chi connectivity index (χ3v) is 12.7. The maximum absolute atomic E-state index is 13.5. The number of ketones is 1. The summed E-state index contributed by atoms with van der Waals surface area (Å²) in [5, 5.41) is 21.5. The molecule has 4 rings (SSSR count). The predicted octanol–water partition coefficient (Wildman–Crippen LogP) is 2.88. The average Bonchev–Trinajstić information content (AvgIpc) is 3.17. The van der Waals surface area contributed by atoms with Gasteiger partial charge in [-0.3, -0.25) is 13.8 Å². The van der Waals surface area contributed by atoms with Crippen molar-refractivity contribution in [2.75, 3.05) is 5.75 Å². The fraction of sp³-hybridized carbons (Fsp3) is 0.857. The Morgan fingerprint density at radius 1 is 1.22 bits per heavy atom. The van der Waals surface area contributed by atoms with Gasteiger partial charge < -0.3 is 20.7 Å². The van der Waals surface area contributed by atoms with Crippen LogP contribution in [0.4, 0.5) is 0 Å². The van der Waals surface area contributed by atoms with E-state index in [0.717, 1.165) is 19.3 Å². The highest BCUT2D eigenvalue weighted by atomic mass is 32.2. The summed E-state index contributed by atoms with van der Waals surface area (Å²) >= 11 is 0. The number of nitrogens with two attached hydrogens (primary N) is 1. The summed E-state index contributed by atoms with van der Waals surface area (Å²) in [6, 6.07) is -0.113. The Bertz CT molecular complexity index is 926. The van der Waals surface area contributed by atoms with Crippen molar-refractivity contribution in [1.29, 1.82) is 0 Å². The Morgan fingerprint density at radius 3 is 2.56 bits per heavy atom. The third kappa shape index (κ3) is 4.34. The van der Waals surface area contributed by atoms with Crippen LogP contribution in [-0.2, 0) is 25.1 Å². The Hall–Kier alpha value is -1.09. The zero-order valence-corrected chi connectivity index (χ0v) is 23.1. The molecule has 204 valence electrons. The first kappa shape index (κ1) is 27.9. The second-order valence-corrected chi connectivity index (χ2v) is 14.4. The molecule has 0 aromatic rings. The van der Waals surface area contributed by atoms with E-state index in [9.17, 15) is 24.0 Å². The van der Waals surface area contributed by atoms with E-state index >= 15 is 0 Å². The SMILES string of the molecule is C=C[C@]1(C)C[C@@H](OC(=O)C[S@@](=O)[C@@H]2CC[C@@H](N)C[C@H]2O)[C@]2(C)[C@H](C)CC[C@]3(CCC(=O)[C@H]32)[C@@H](C)[C@@H]1O. The van der Waals surface area contributed by atoms with E-state index in [1.807, 2.05) is 6.92 Å². The number of rotatable bonds is 5. The van der Waals surface area contributed by atoms with Crippen molar-refractivity contribution >= 4 is 22.6 Å². The van der Waals surface area contributed by atoms with E-state index in [2.05, 4.69) is 27.4 Å². The molecule has 0 amide bonds. The van der Waals surface area contributed by atoms with Crippen molar-refractivity contribution in [2.45, 2.75) is 109 Å². The van der Waals surface area contributed by atoms with Gasteiger partial charge in [-0.25, -0.2) is 0 Å². The molecule has 4 fully saturated rings. The monoisotopic (exact) mass is 523 g/mol. The van der Waals surface area contributed by atoms with Crippen molar-refractivity contribution in [3.63, 3.8) is 0 Å². The normalized spacial score (nSPS) is 49.9. The lowest BCUT2D eigenvalue weighted by Crippen LogP contribution is -2.63. The zero-order chi connectivity index (χ0) is 26.6. The maximum Gasteiger partial charge on any atom is 0.318 e. The van der Waals surface area contributed by atoms with Crippen LogP contribution >= 0.6 is 0 Å². The Balaban J connectivity index is 1.65. The fourth-order valence-electron chi connectivity index (χ4n) is 8.37. The number of Topliss-reactive ketones (excluding diaryl/α,β-unsaturated/α-hetero) is 1. The van der Waals surface area contributed by atoms with E-state index in [0.29, 0.717) is 32.1 Å². The van der Waals surface area contributed by atoms with Gasteiger partial charge in [0.25, 0.3) is 0 Å². The highest BCUT2D eigenvalue weighted by Crippen LogP contribution is 2.68. The van der Waals surface area contributed by atoms with Gasteiger partial charge in [-0.1, -0.05) is 33.8 Å². The van der Waals surface area contributed by atoms with Gasteiger partial charge in [0.2, 0.25) is 0 Å². The molecule has 0 saturated heterocycles. The van der Waals surface area contributed by atoms with Crippen molar-refractivity contribution in [3.8, 4) is 0 Å². The van der Waals surface area contributed by atoms with Crippen LogP contribution in [0.25, 0.3) is 0 Å². The lowest BCUT2D eigenvalue weighted by Gasteiger charge is -2.61. The molecule has 12 atom stereocenters. The van der Waals surface area contributed by atoms with Crippen LogP contribution in [0.15, 0.2) is 12.7 Å². The number of esters is 1. The van der Waals surface area contributed by atoms with Gasteiger partial charge in [0.05, 0.1) is 17.5 Å². The van der Waals surface area contributed by atoms with Crippen LogP contribution in [0, 0.1) is 34.0 Å². The van der Waals surface area contributed by atoms with Gasteiger partial charge >= 0.3 is 5.97 Å². The molecule has 0 unspecified atom stereocenters. The lowest BCUT2D eigenvalue weighted by molar-refractivity contribution is -0.205. The minimum atomic E-state index is -1.59. The molecule has 0 spiro atoms. The van der Waals surface area contributed by atoms with Crippen molar-refractivity contribution < 1.29 is 28.7 Å². The van der Waals surface area contributed by atoms with Gasteiger partial charge in [0, 0.05) is 40.0 Å². The van der Waals surface area contributed by atoms with E-state index < -0.39 is 51.2 Å². The molecule has 0 radical (unpaired) electrons. The largest absolute Gasteiger partial charge is 0.461 e. The minimum absolute atomic E-state index is 0.0907. The quantitative estimate of drug-likeness (QED) is 0.373. The second kappa shape index (κ2) is 9.90. The first-order valence-corrected chi connectivity index (χ1v) is 15.0. The summed E-state index contributed by atoms with van der Waals surface area (Å²) in [6.07, 6.45) is 4.54. The Morgan fingerprint density at radius 2 is 1.92 bits per heavy atom. The van der Waals surface area contributed by atoms with Crippen LogP contribution in [0.1, 0.15) is 79.1 Å². The summed E-state index contributed by atoms with van der Waals surface area (Å²) < 4.78 is 19.2. The predicted molar refractivity (Wildman–Crippen MR) is 139 cm³/mol. The number of aliphatic hydroxyl groups is 2. The number of hydrogen-bond donors (Lipinski definition) is 3. The second-order valence-electron chi connectivity index (χ2n) is 12.8. The maximum atomic E-state index is 13.5. The van der Waals surface area contributed by atoms with E-state index in [4.69, 9.17) is 10.5 Å². The summed E-state index contributed by atoms with van der Waals surface area (Å²) in [6.45, 7) is 12.3. The zero-order valence-electron chi connectivity index (χ0n) is 22.3. The summed E-state index contributed by atoms with van der Waals surface area (Å²) in [5.74, 6) is -0.920. The van der Waals surface area contributed by atoms with Gasteiger partial charge in [0.15, 0.2) is 0 Å². The number of carbonyl (C=O) groups excluding carboxylic acids is 2. The molecule has 36 heavy (non-hydrogen) atoms. The van der Waals surface area contributed by atoms with Crippen LogP contribution in [0.2, 0.25) is 0 Å². The molecule has 0 aliphatic heterocycles. The first-order chi connectivity index (χ1) is 16.8. The Kier molecular flexibility index (Phi) is 7.68. The van der Waals surface area contributed by atoms with Gasteiger partial charge in [-0.2, -0.15) is 0 Å². The van der Waals surface area contributed by atoms with Crippen LogP contribution in [0.3, 0.4) is 0 Å². The van der Waals surface area contributed by atoms with Crippen molar-refractivity contribution in [1.82, 2.24) is 0 Å². The summed E-state index contributed by atoms with van der Waals surface area (Å²) in [7, 11) is -1.59. The summed E-state index contributed by atoms with van der Waals surface area (Å²) in [5.41, 5.74) is 4.28. The molecule has 7 nitrogen and oxygen atoms in total. The minimum Gasteiger partial charge on any atom is -0.461 e. The van der Waals surface area contributed by atoms with Gasteiger partial charge in [0.1, 0.15) is 17.6 Å². The van der Waals surface area contributed by atoms with Gasteiger partial charge in [-0.05, 0) is 62.2 Å². The summed E-state index contributed by atoms with van der Waals surface area (Å²) in [4.78, 5) is 26.7. The van der Waals surface area contributed by atoms with E-state index in [1.165, 1.54) is 0 Å². The van der Waals surface area contributed by atoms with E-state index in [1.54, 1.807) is 6.08 Å². The molecule has 4 aliphatic rings. The molecular formula is C28H45NO6S. The molecule has 4 aliphatic carbocycles. The Labute approximate surface area is 218 Å². The fourth-order valence-corrected chi connectivity index (χ4v) is 9.75. The van der Waals surface area contributed by atoms with Crippen molar-refractivity contribution in [3.05, 3.63) is 12.7 Å². The molecule has 8 heteroatoms. The van der Waals surface area contributed by atoms with Gasteiger partial charge in [-0.15, -0.1) is 6.58 Å². The molecular weight excluding hydrogens is 478 g/mol. The molecule has 2 bridgehead atoms. The van der Waals surface area contributed by atoms with Crippen LogP contribution < -0.4 is 5.73 Å². The smallest absolute Gasteiger partial charge is 0.318 e. The molecule has 0 aromatic carbocycles. The molecule has 0 heterocycles. The molecule has 4 N–H and O–H groups in total. The number of carbonyl (C=O) groups is 2. The average molecular weight is 524 g/mol. The standard InChI is InChI=1S/C28H45NO6S/c1-6-26(4)14-22(35-23(32)15-36(34)21-8-7-18(29)13-20(21)31)27(5)16(2)9-11-28(17(3)25(26)33)12-10-19(30)24(27)28/h6,16-18,20-22,24-25,31,33H,1,7-15,29H2,2-5H3/t16-,17+,18-,20-,21-,22-,24+,25+,26-,27+,28+,36-/m1/s1. The first-order valence-electron chi connectivity index (χ1n) is 13.6. The highest BCUT2D eigenvalue weighted by molar-refractivity contribution is 7.86. The van der Waals surface area contributed by atoms with E-state index in [-0.39, 0.29) is 40.7 Å². The number of aliphatic hydroxyl groups excluding tert-OH is 2. The molecule has 4 saturated carbocycles. The highest BCUT2D eigenvalue weighted by Gasteiger charge is 2.68. The number of ether oxygens (including phenoxy) is 1. The topological polar surface area (TPSA) is 127 Å². The van der Waals surface area contributed by atoms with Crippen LogP contribution in [0.5, 0.6) is 0 Å².